The zero-order valence-corrected chi connectivity index (χ0v) is 6.71. The third-order valence-electron chi connectivity index (χ3n) is 2.01. The Kier molecular flexibility index (Phi) is 1.69. The number of benzene rings is 1. The maximum atomic E-state index is 13.0. The topological polar surface area (TPSA) is 46.5 Å². The molecule has 0 unspecified atom stereocenters. The van der Waals surface area contributed by atoms with Gasteiger partial charge in [-0.3, -0.25) is 0 Å². The number of aromatic carboxylic acids is 1. The molecule has 0 radical (unpaired) electrons. The van der Waals surface area contributed by atoms with E-state index in [9.17, 15) is 9.18 Å². The summed E-state index contributed by atoms with van der Waals surface area (Å²) in [5, 5.41) is 8.62. The van der Waals surface area contributed by atoms with E-state index in [1.165, 1.54) is 6.07 Å². The summed E-state index contributed by atoms with van der Waals surface area (Å²) in [5.74, 6) is -1.53. The standard InChI is InChI=1S/C9H7FO3/c10-7-4-8-5(1-2-13-8)3-6(7)9(11)12/h3-4H,1-2H2,(H,11,12). The number of hydrogen-bond acceptors (Lipinski definition) is 2. The number of carbonyl (C=O) groups is 1. The Morgan fingerprint density at radius 1 is 1.54 bits per heavy atom. The average Bonchev–Trinajstić information content (AvgIpc) is 2.48. The van der Waals surface area contributed by atoms with Crippen molar-refractivity contribution in [3.05, 3.63) is 29.1 Å². The van der Waals surface area contributed by atoms with Gasteiger partial charge in [-0.25, -0.2) is 9.18 Å². The Hall–Kier alpha value is -1.58. The molecular weight excluding hydrogens is 175 g/mol. The van der Waals surface area contributed by atoms with Gasteiger partial charge in [0.2, 0.25) is 0 Å². The molecule has 0 aromatic heterocycles. The van der Waals surface area contributed by atoms with Crippen molar-refractivity contribution in [1.82, 2.24) is 0 Å². The summed E-state index contributed by atoms with van der Waals surface area (Å²) in [4.78, 5) is 10.5. The second kappa shape index (κ2) is 2.73. The van der Waals surface area contributed by atoms with Crippen LogP contribution in [-0.2, 0) is 6.42 Å². The van der Waals surface area contributed by atoms with E-state index in [2.05, 4.69) is 0 Å². The molecule has 1 heterocycles. The molecule has 0 saturated heterocycles. The van der Waals surface area contributed by atoms with Gasteiger partial charge in [-0.2, -0.15) is 0 Å². The molecule has 0 amide bonds. The molecule has 13 heavy (non-hydrogen) atoms. The number of fused-ring (bicyclic) bond motifs is 1. The molecule has 1 aromatic rings. The Balaban J connectivity index is 2.55. The van der Waals surface area contributed by atoms with Crippen LogP contribution in [0.15, 0.2) is 12.1 Å². The predicted octanol–water partition coefficient (Wildman–Crippen LogP) is 1.46. The van der Waals surface area contributed by atoms with Gasteiger partial charge >= 0.3 is 5.97 Å². The molecular formula is C9H7FO3. The highest BCUT2D eigenvalue weighted by Crippen LogP contribution is 2.27. The van der Waals surface area contributed by atoms with E-state index in [0.29, 0.717) is 18.8 Å². The lowest BCUT2D eigenvalue weighted by Crippen LogP contribution is -2.00. The first-order valence-corrected chi connectivity index (χ1v) is 3.87. The van der Waals surface area contributed by atoms with E-state index in [1.807, 2.05) is 0 Å². The lowest BCUT2D eigenvalue weighted by atomic mass is 10.1. The Morgan fingerprint density at radius 3 is 3.00 bits per heavy atom. The molecule has 0 atom stereocenters. The highest BCUT2D eigenvalue weighted by atomic mass is 19.1. The van der Waals surface area contributed by atoms with Crippen LogP contribution in [0.25, 0.3) is 0 Å². The molecule has 0 saturated carbocycles. The van der Waals surface area contributed by atoms with Gasteiger partial charge in [0.15, 0.2) is 0 Å². The largest absolute Gasteiger partial charge is 0.493 e. The number of carboxylic acid groups (broad SMARTS) is 1. The smallest absolute Gasteiger partial charge is 0.338 e. The first kappa shape index (κ1) is 8.04. The van der Waals surface area contributed by atoms with E-state index in [1.54, 1.807) is 0 Å². The van der Waals surface area contributed by atoms with Gasteiger partial charge in [0, 0.05) is 12.5 Å². The monoisotopic (exact) mass is 182 g/mol. The Bertz CT molecular complexity index is 373. The van der Waals surface area contributed by atoms with Gasteiger partial charge in [-0.1, -0.05) is 0 Å². The van der Waals surface area contributed by atoms with Crippen molar-refractivity contribution in [1.29, 1.82) is 0 Å². The molecule has 1 aliphatic rings. The lowest BCUT2D eigenvalue weighted by Gasteiger charge is -2.01. The fraction of sp³-hybridized carbons (Fsp3) is 0.222. The van der Waals surface area contributed by atoms with E-state index in [4.69, 9.17) is 9.84 Å². The number of rotatable bonds is 1. The predicted molar refractivity (Wildman–Crippen MR) is 42.6 cm³/mol. The average molecular weight is 182 g/mol. The molecule has 68 valence electrons. The van der Waals surface area contributed by atoms with Crippen molar-refractivity contribution < 1.29 is 19.0 Å². The molecule has 4 heteroatoms. The normalized spacial score (nSPS) is 13.6. The van der Waals surface area contributed by atoms with Crippen molar-refractivity contribution in [2.45, 2.75) is 6.42 Å². The molecule has 2 rings (SSSR count). The molecule has 1 aromatic carbocycles. The van der Waals surface area contributed by atoms with E-state index in [0.717, 1.165) is 11.6 Å². The van der Waals surface area contributed by atoms with Crippen LogP contribution in [0.5, 0.6) is 5.75 Å². The number of halogens is 1. The summed E-state index contributed by atoms with van der Waals surface area (Å²) >= 11 is 0. The lowest BCUT2D eigenvalue weighted by molar-refractivity contribution is 0.0692. The number of hydrogen-bond donors (Lipinski definition) is 1. The second-order valence-corrected chi connectivity index (χ2v) is 2.84. The minimum atomic E-state index is -1.24. The third-order valence-corrected chi connectivity index (χ3v) is 2.01. The fourth-order valence-corrected chi connectivity index (χ4v) is 1.36. The van der Waals surface area contributed by atoms with Crippen LogP contribution >= 0.6 is 0 Å². The number of carboxylic acids is 1. The molecule has 3 nitrogen and oxygen atoms in total. The fourth-order valence-electron chi connectivity index (χ4n) is 1.36. The molecule has 0 fully saturated rings. The third kappa shape index (κ3) is 1.24. The Labute approximate surface area is 73.8 Å². The molecule has 0 spiro atoms. The molecule has 1 aliphatic heterocycles. The van der Waals surface area contributed by atoms with Crippen LogP contribution in [0.2, 0.25) is 0 Å². The second-order valence-electron chi connectivity index (χ2n) is 2.84. The van der Waals surface area contributed by atoms with Crippen LogP contribution in [0, 0.1) is 5.82 Å². The van der Waals surface area contributed by atoms with Crippen molar-refractivity contribution in [2.24, 2.45) is 0 Å². The van der Waals surface area contributed by atoms with Crippen molar-refractivity contribution in [3.63, 3.8) is 0 Å². The van der Waals surface area contributed by atoms with Crippen molar-refractivity contribution >= 4 is 5.97 Å². The number of ether oxygens (including phenoxy) is 1. The van der Waals surface area contributed by atoms with Gasteiger partial charge in [0.25, 0.3) is 0 Å². The minimum absolute atomic E-state index is 0.288. The zero-order chi connectivity index (χ0) is 9.42. The summed E-state index contributed by atoms with van der Waals surface area (Å²) in [6.45, 7) is 0.498. The first-order valence-electron chi connectivity index (χ1n) is 3.87. The van der Waals surface area contributed by atoms with Crippen LogP contribution in [0.3, 0.4) is 0 Å². The van der Waals surface area contributed by atoms with E-state index >= 15 is 0 Å². The molecule has 1 N–H and O–H groups in total. The summed E-state index contributed by atoms with van der Waals surface area (Å²) in [6.07, 6.45) is 0.649. The van der Waals surface area contributed by atoms with Crippen molar-refractivity contribution in [3.8, 4) is 5.75 Å². The maximum absolute atomic E-state index is 13.0. The molecule has 0 bridgehead atoms. The summed E-state index contributed by atoms with van der Waals surface area (Å²) < 4.78 is 18.1. The van der Waals surface area contributed by atoms with E-state index < -0.39 is 11.8 Å². The summed E-state index contributed by atoms with van der Waals surface area (Å²) in [7, 11) is 0. The van der Waals surface area contributed by atoms with Crippen LogP contribution in [0.4, 0.5) is 4.39 Å². The quantitative estimate of drug-likeness (QED) is 0.715. The summed E-state index contributed by atoms with van der Waals surface area (Å²) in [5.41, 5.74) is 0.475. The highest BCUT2D eigenvalue weighted by molar-refractivity contribution is 5.88. The van der Waals surface area contributed by atoms with Crippen LogP contribution < -0.4 is 4.74 Å². The van der Waals surface area contributed by atoms with Gasteiger partial charge < -0.3 is 9.84 Å². The SMILES string of the molecule is O=C(O)c1cc2c(cc1F)OCC2. The van der Waals surface area contributed by atoms with E-state index in [-0.39, 0.29) is 5.56 Å². The van der Waals surface area contributed by atoms with Gasteiger partial charge in [-0.15, -0.1) is 0 Å². The Morgan fingerprint density at radius 2 is 2.31 bits per heavy atom. The van der Waals surface area contributed by atoms with Gasteiger partial charge in [-0.05, 0) is 11.6 Å². The molecule has 0 aliphatic carbocycles. The van der Waals surface area contributed by atoms with Crippen LogP contribution in [-0.4, -0.2) is 17.7 Å². The van der Waals surface area contributed by atoms with Crippen LogP contribution in [0.1, 0.15) is 15.9 Å². The van der Waals surface area contributed by atoms with Gasteiger partial charge in [0.05, 0.1) is 12.2 Å². The van der Waals surface area contributed by atoms with Crippen molar-refractivity contribution in [2.75, 3.05) is 6.61 Å². The highest BCUT2D eigenvalue weighted by Gasteiger charge is 2.18. The zero-order valence-electron chi connectivity index (χ0n) is 6.71. The minimum Gasteiger partial charge on any atom is -0.493 e. The first-order chi connectivity index (χ1) is 6.18. The van der Waals surface area contributed by atoms with Gasteiger partial charge in [0.1, 0.15) is 11.6 Å². The maximum Gasteiger partial charge on any atom is 0.338 e. The summed E-state index contributed by atoms with van der Waals surface area (Å²) in [6, 6.07) is 2.46.